The molecule has 0 saturated carbocycles. The molecule has 0 unspecified atom stereocenters. The van der Waals surface area contributed by atoms with E-state index in [1.807, 2.05) is 31.2 Å². The second-order valence-electron chi connectivity index (χ2n) is 7.26. The Hall–Kier alpha value is -2.77. The second kappa shape index (κ2) is 8.95. The maximum Gasteiger partial charge on any atom is 0.272 e. The Bertz CT molecular complexity index is 845. The van der Waals surface area contributed by atoms with Crippen molar-refractivity contribution in [3.05, 3.63) is 74.8 Å². The standard InChI is InChI=1S/C21H25N3O4/c1-15-3-5-17(6-4-15)19(14-23-9-11-28-12-10-23)22-21(25)18-7-8-20(24(26)27)16(2)13-18/h3-8,13,19H,9-12,14H2,1-2H3,(H,22,25)/p+1/t19-/m1/s1. The molecule has 1 fully saturated rings. The topological polar surface area (TPSA) is 85.9 Å². The molecule has 1 aliphatic rings. The van der Waals surface area contributed by atoms with Gasteiger partial charge in [0.15, 0.2) is 0 Å². The lowest BCUT2D eigenvalue weighted by Gasteiger charge is -2.28. The molecule has 1 atom stereocenters. The number of morpholine rings is 1. The van der Waals surface area contributed by atoms with E-state index in [-0.39, 0.29) is 17.6 Å². The van der Waals surface area contributed by atoms with Gasteiger partial charge in [0.05, 0.1) is 18.1 Å². The largest absolute Gasteiger partial charge is 0.370 e. The fourth-order valence-corrected chi connectivity index (χ4v) is 3.45. The summed E-state index contributed by atoms with van der Waals surface area (Å²) in [7, 11) is 0. The monoisotopic (exact) mass is 384 g/mol. The molecular formula is C21H26N3O4+. The third kappa shape index (κ3) is 4.94. The minimum absolute atomic E-state index is 0.0180. The molecule has 2 N–H and O–H groups in total. The summed E-state index contributed by atoms with van der Waals surface area (Å²) in [6.45, 7) is 7.72. The van der Waals surface area contributed by atoms with Crippen LogP contribution in [0.3, 0.4) is 0 Å². The van der Waals surface area contributed by atoms with Crippen molar-refractivity contribution in [1.29, 1.82) is 0 Å². The molecule has 0 radical (unpaired) electrons. The lowest BCUT2D eigenvalue weighted by Crippen LogP contribution is -3.14. The second-order valence-corrected chi connectivity index (χ2v) is 7.26. The summed E-state index contributed by atoms with van der Waals surface area (Å²) in [6.07, 6.45) is 0. The molecule has 2 aromatic carbocycles. The van der Waals surface area contributed by atoms with E-state index in [4.69, 9.17) is 4.74 Å². The molecule has 0 aromatic heterocycles. The molecule has 7 heteroatoms. The zero-order chi connectivity index (χ0) is 20.1. The summed E-state index contributed by atoms with van der Waals surface area (Å²) in [5.41, 5.74) is 3.14. The predicted molar refractivity (Wildman–Crippen MR) is 106 cm³/mol. The number of ether oxygens (including phenoxy) is 1. The quantitative estimate of drug-likeness (QED) is 0.585. The van der Waals surface area contributed by atoms with E-state index < -0.39 is 4.92 Å². The molecule has 1 heterocycles. The highest BCUT2D eigenvalue weighted by atomic mass is 16.6. The molecule has 2 aromatic rings. The number of nitro benzene ring substituents is 1. The number of quaternary nitrogens is 1. The van der Waals surface area contributed by atoms with Crippen molar-refractivity contribution in [1.82, 2.24) is 5.32 Å². The van der Waals surface area contributed by atoms with Crippen molar-refractivity contribution < 1.29 is 19.4 Å². The van der Waals surface area contributed by atoms with E-state index in [1.54, 1.807) is 13.0 Å². The minimum atomic E-state index is -0.437. The van der Waals surface area contributed by atoms with Crippen LogP contribution in [0.15, 0.2) is 42.5 Å². The lowest BCUT2D eigenvalue weighted by atomic mass is 10.0. The van der Waals surface area contributed by atoms with E-state index in [1.165, 1.54) is 22.6 Å². The van der Waals surface area contributed by atoms with Gasteiger partial charge in [0.25, 0.3) is 11.6 Å². The van der Waals surface area contributed by atoms with Gasteiger partial charge in [-0.15, -0.1) is 0 Å². The van der Waals surface area contributed by atoms with E-state index in [9.17, 15) is 14.9 Å². The van der Waals surface area contributed by atoms with Crippen LogP contribution in [0, 0.1) is 24.0 Å². The van der Waals surface area contributed by atoms with Gasteiger partial charge in [-0.3, -0.25) is 14.9 Å². The highest BCUT2D eigenvalue weighted by molar-refractivity contribution is 5.95. The number of benzene rings is 2. The van der Waals surface area contributed by atoms with E-state index >= 15 is 0 Å². The first-order chi connectivity index (χ1) is 13.4. The number of rotatable bonds is 6. The summed E-state index contributed by atoms with van der Waals surface area (Å²) >= 11 is 0. The van der Waals surface area contributed by atoms with Crippen LogP contribution in [0.1, 0.15) is 33.1 Å². The van der Waals surface area contributed by atoms with Gasteiger partial charge < -0.3 is 15.0 Å². The van der Waals surface area contributed by atoms with E-state index in [0.29, 0.717) is 11.1 Å². The first kappa shape index (κ1) is 20.0. The third-order valence-electron chi connectivity index (χ3n) is 5.13. The number of nitrogens with zero attached hydrogens (tertiary/aromatic N) is 1. The maximum atomic E-state index is 12.9. The van der Waals surface area contributed by atoms with Crippen molar-refractivity contribution in [2.45, 2.75) is 19.9 Å². The van der Waals surface area contributed by atoms with Crippen LogP contribution < -0.4 is 10.2 Å². The van der Waals surface area contributed by atoms with Gasteiger partial charge >= 0.3 is 0 Å². The Morgan fingerprint density at radius 1 is 1.18 bits per heavy atom. The van der Waals surface area contributed by atoms with Gasteiger partial charge in [-0.05, 0) is 31.5 Å². The number of amides is 1. The SMILES string of the molecule is Cc1ccc([C@@H](C[NH+]2CCOCC2)NC(=O)c2ccc([N+](=O)[O-])c(C)c2)cc1. The molecule has 0 spiro atoms. The summed E-state index contributed by atoms with van der Waals surface area (Å²) in [5, 5.41) is 14.1. The molecule has 28 heavy (non-hydrogen) atoms. The number of nitro groups is 1. The average molecular weight is 384 g/mol. The minimum Gasteiger partial charge on any atom is -0.370 e. The van der Waals surface area contributed by atoms with Crippen LogP contribution in [0.5, 0.6) is 0 Å². The average Bonchev–Trinajstić information content (AvgIpc) is 2.68. The molecule has 7 nitrogen and oxygen atoms in total. The Balaban J connectivity index is 1.79. The maximum absolute atomic E-state index is 12.9. The smallest absolute Gasteiger partial charge is 0.272 e. The number of aryl methyl sites for hydroxylation is 2. The van der Waals surface area contributed by atoms with Gasteiger partial charge in [-0.25, -0.2) is 0 Å². The van der Waals surface area contributed by atoms with Gasteiger partial charge in [0, 0.05) is 17.2 Å². The Morgan fingerprint density at radius 2 is 1.86 bits per heavy atom. The van der Waals surface area contributed by atoms with Crippen molar-refractivity contribution in [3.63, 3.8) is 0 Å². The fraction of sp³-hybridized carbons (Fsp3) is 0.381. The predicted octanol–water partition coefficient (Wildman–Crippen LogP) is 1.60. The Labute approximate surface area is 164 Å². The van der Waals surface area contributed by atoms with Crippen LogP contribution in [0.25, 0.3) is 0 Å². The van der Waals surface area contributed by atoms with Crippen LogP contribution in [0.4, 0.5) is 5.69 Å². The normalized spacial score (nSPS) is 15.8. The first-order valence-corrected chi connectivity index (χ1v) is 9.48. The lowest BCUT2D eigenvalue weighted by molar-refractivity contribution is -0.909. The highest BCUT2D eigenvalue weighted by Gasteiger charge is 2.24. The van der Waals surface area contributed by atoms with Crippen molar-refractivity contribution in [2.24, 2.45) is 0 Å². The molecule has 1 amide bonds. The molecule has 148 valence electrons. The molecule has 3 rings (SSSR count). The number of carbonyl (C=O) groups excluding carboxylic acids is 1. The van der Waals surface area contributed by atoms with Crippen molar-refractivity contribution >= 4 is 11.6 Å². The Morgan fingerprint density at radius 3 is 2.46 bits per heavy atom. The fourth-order valence-electron chi connectivity index (χ4n) is 3.45. The summed E-state index contributed by atoms with van der Waals surface area (Å²) < 4.78 is 5.43. The number of hydrogen-bond acceptors (Lipinski definition) is 4. The first-order valence-electron chi connectivity index (χ1n) is 9.48. The van der Waals surface area contributed by atoms with Crippen LogP contribution in [-0.2, 0) is 4.74 Å². The zero-order valence-electron chi connectivity index (χ0n) is 16.2. The van der Waals surface area contributed by atoms with Gasteiger partial charge in [0.1, 0.15) is 25.7 Å². The van der Waals surface area contributed by atoms with Crippen LogP contribution in [0.2, 0.25) is 0 Å². The molecule has 1 aliphatic heterocycles. The molecular weight excluding hydrogens is 358 g/mol. The van der Waals surface area contributed by atoms with Crippen molar-refractivity contribution in [3.8, 4) is 0 Å². The van der Waals surface area contributed by atoms with E-state index in [0.717, 1.165) is 38.4 Å². The number of hydrogen-bond donors (Lipinski definition) is 2. The summed E-state index contributed by atoms with van der Waals surface area (Å²) in [5.74, 6) is -0.226. The highest BCUT2D eigenvalue weighted by Crippen LogP contribution is 2.20. The molecule has 0 bridgehead atoms. The van der Waals surface area contributed by atoms with Gasteiger partial charge in [-0.2, -0.15) is 0 Å². The van der Waals surface area contributed by atoms with Gasteiger partial charge in [-0.1, -0.05) is 29.8 Å². The Kier molecular flexibility index (Phi) is 6.38. The summed E-state index contributed by atoms with van der Waals surface area (Å²) in [6, 6.07) is 12.5. The van der Waals surface area contributed by atoms with Gasteiger partial charge in [0.2, 0.25) is 0 Å². The number of carbonyl (C=O) groups is 1. The molecule has 0 aliphatic carbocycles. The van der Waals surface area contributed by atoms with Crippen LogP contribution >= 0.6 is 0 Å². The summed E-state index contributed by atoms with van der Waals surface area (Å²) in [4.78, 5) is 24.8. The van der Waals surface area contributed by atoms with E-state index in [2.05, 4.69) is 5.32 Å². The number of nitrogens with one attached hydrogen (secondary N) is 2. The van der Waals surface area contributed by atoms with Crippen molar-refractivity contribution in [2.75, 3.05) is 32.8 Å². The van der Waals surface area contributed by atoms with Crippen LogP contribution in [-0.4, -0.2) is 43.7 Å². The molecule has 1 saturated heterocycles. The third-order valence-corrected chi connectivity index (χ3v) is 5.13. The zero-order valence-corrected chi connectivity index (χ0v) is 16.2.